The largest absolute Gasteiger partial charge is 0.370 e. The van der Waals surface area contributed by atoms with E-state index in [4.69, 9.17) is 9.26 Å². The Morgan fingerprint density at radius 1 is 1.24 bits per heavy atom. The minimum absolute atomic E-state index is 0.0630. The summed E-state index contributed by atoms with van der Waals surface area (Å²) in [7, 11) is 0. The van der Waals surface area contributed by atoms with E-state index in [2.05, 4.69) is 57.0 Å². The molecular formula is C16H31N3O2. The topological polar surface area (TPSA) is 60.2 Å². The second kappa shape index (κ2) is 7.90. The summed E-state index contributed by atoms with van der Waals surface area (Å²) >= 11 is 0. The van der Waals surface area contributed by atoms with Gasteiger partial charge in [0.1, 0.15) is 6.10 Å². The van der Waals surface area contributed by atoms with Crippen molar-refractivity contribution in [2.45, 2.75) is 73.0 Å². The SMILES string of the molecule is CCCNC(C)C(C)c1nc(C(OCC)C(C)(C)C)no1. The highest BCUT2D eigenvalue weighted by Gasteiger charge is 2.32. The molecule has 21 heavy (non-hydrogen) atoms. The zero-order valence-corrected chi connectivity index (χ0v) is 14.6. The molecule has 0 bridgehead atoms. The molecule has 0 amide bonds. The van der Waals surface area contributed by atoms with Gasteiger partial charge in [-0.3, -0.25) is 0 Å². The van der Waals surface area contributed by atoms with Crippen molar-refractivity contribution in [1.82, 2.24) is 15.5 Å². The van der Waals surface area contributed by atoms with Crippen LogP contribution in [0, 0.1) is 5.41 Å². The van der Waals surface area contributed by atoms with Crippen LogP contribution in [0.4, 0.5) is 0 Å². The lowest BCUT2D eigenvalue weighted by atomic mass is 9.88. The quantitative estimate of drug-likeness (QED) is 0.793. The molecule has 5 nitrogen and oxygen atoms in total. The van der Waals surface area contributed by atoms with E-state index in [1.165, 1.54) is 0 Å². The van der Waals surface area contributed by atoms with Gasteiger partial charge < -0.3 is 14.6 Å². The van der Waals surface area contributed by atoms with Crippen molar-refractivity contribution in [3.63, 3.8) is 0 Å². The maximum atomic E-state index is 5.81. The molecule has 1 heterocycles. The third-order valence-electron chi connectivity index (χ3n) is 3.67. The van der Waals surface area contributed by atoms with Crippen LogP contribution in [0.5, 0.6) is 0 Å². The molecule has 0 radical (unpaired) electrons. The van der Waals surface area contributed by atoms with Crippen LogP contribution in [-0.2, 0) is 4.74 Å². The molecule has 3 unspecified atom stereocenters. The minimum Gasteiger partial charge on any atom is -0.370 e. The van der Waals surface area contributed by atoms with Gasteiger partial charge in [-0.05, 0) is 32.2 Å². The first-order valence-electron chi connectivity index (χ1n) is 7.99. The van der Waals surface area contributed by atoms with Crippen molar-refractivity contribution >= 4 is 0 Å². The van der Waals surface area contributed by atoms with Gasteiger partial charge in [0.15, 0.2) is 0 Å². The maximum absolute atomic E-state index is 5.81. The summed E-state index contributed by atoms with van der Waals surface area (Å²) in [6.07, 6.45) is 0.967. The fourth-order valence-corrected chi connectivity index (χ4v) is 2.18. The van der Waals surface area contributed by atoms with E-state index in [1.54, 1.807) is 0 Å². The summed E-state index contributed by atoms with van der Waals surface area (Å²) in [5.74, 6) is 1.50. The third-order valence-corrected chi connectivity index (χ3v) is 3.67. The van der Waals surface area contributed by atoms with Gasteiger partial charge in [-0.1, -0.05) is 39.8 Å². The van der Waals surface area contributed by atoms with Crippen molar-refractivity contribution in [2.24, 2.45) is 5.41 Å². The summed E-state index contributed by atoms with van der Waals surface area (Å²) in [6, 6.07) is 0.304. The zero-order valence-electron chi connectivity index (χ0n) is 14.6. The Kier molecular flexibility index (Phi) is 6.81. The Morgan fingerprint density at radius 3 is 2.43 bits per heavy atom. The molecule has 0 saturated carbocycles. The number of nitrogens with zero attached hydrogens (tertiary/aromatic N) is 2. The first-order valence-corrected chi connectivity index (χ1v) is 7.99. The maximum Gasteiger partial charge on any atom is 0.231 e. The van der Waals surface area contributed by atoms with Gasteiger partial charge in [-0.25, -0.2) is 0 Å². The first-order chi connectivity index (χ1) is 9.81. The van der Waals surface area contributed by atoms with Crippen LogP contribution < -0.4 is 5.32 Å². The molecule has 1 aromatic rings. The van der Waals surface area contributed by atoms with Crippen LogP contribution in [0.25, 0.3) is 0 Å². The number of nitrogens with one attached hydrogen (secondary N) is 1. The molecule has 3 atom stereocenters. The Hall–Kier alpha value is -0.940. The van der Waals surface area contributed by atoms with Gasteiger partial charge in [0.2, 0.25) is 11.7 Å². The van der Waals surface area contributed by atoms with Crippen LogP contribution in [-0.4, -0.2) is 29.3 Å². The van der Waals surface area contributed by atoms with Gasteiger partial charge in [-0.15, -0.1) is 0 Å². The molecule has 0 aliphatic carbocycles. The molecule has 0 spiro atoms. The highest BCUT2D eigenvalue weighted by molar-refractivity contribution is 5.01. The zero-order chi connectivity index (χ0) is 16.0. The Morgan fingerprint density at radius 2 is 1.90 bits per heavy atom. The Balaban J connectivity index is 2.83. The molecule has 5 heteroatoms. The summed E-state index contributed by atoms with van der Waals surface area (Å²) in [5, 5.41) is 7.61. The van der Waals surface area contributed by atoms with Crippen LogP contribution in [0.3, 0.4) is 0 Å². The fraction of sp³-hybridized carbons (Fsp3) is 0.875. The van der Waals surface area contributed by atoms with Crippen LogP contribution in [0.1, 0.15) is 78.6 Å². The van der Waals surface area contributed by atoms with Gasteiger partial charge in [0.25, 0.3) is 0 Å². The molecular weight excluding hydrogens is 266 g/mol. The number of rotatable bonds is 8. The number of ether oxygens (including phenoxy) is 1. The van der Waals surface area contributed by atoms with E-state index in [9.17, 15) is 0 Å². The molecule has 1 aromatic heterocycles. The molecule has 1 rings (SSSR count). The average Bonchev–Trinajstić information content (AvgIpc) is 2.89. The minimum atomic E-state index is -0.147. The second-order valence-corrected chi connectivity index (χ2v) is 6.72. The lowest BCUT2D eigenvalue weighted by Crippen LogP contribution is -2.31. The highest BCUT2D eigenvalue weighted by Crippen LogP contribution is 2.35. The summed E-state index contributed by atoms with van der Waals surface area (Å²) < 4.78 is 11.3. The molecule has 0 fully saturated rings. The molecule has 0 aromatic carbocycles. The number of aromatic nitrogens is 2. The van der Waals surface area contributed by atoms with E-state index in [0.29, 0.717) is 24.4 Å². The monoisotopic (exact) mass is 297 g/mol. The van der Waals surface area contributed by atoms with Crippen molar-refractivity contribution in [3.05, 3.63) is 11.7 Å². The van der Waals surface area contributed by atoms with Gasteiger partial charge in [-0.2, -0.15) is 4.98 Å². The van der Waals surface area contributed by atoms with Crippen molar-refractivity contribution in [1.29, 1.82) is 0 Å². The molecule has 0 aliphatic heterocycles. The predicted molar refractivity (Wildman–Crippen MR) is 84.3 cm³/mol. The van der Waals surface area contributed by atoms with E-state index < -0.39 is 0 Å². The lowest BCUT2D eigenvalue weighted by Gasteiger charge is -2.27. The van der Waals surface area contributed by atoms with Crippen LogP contribution >= 0.6 is 0 Å². The summed E-state index contributed by atoms with van der Waals surface area (Å²) in [6.45, 7) is 16.4. The van der Waals surface area contributed by atoms with E-state index in [1.807, 2.05) is 6.92 Å². The first kappa shape index (κ1) is 18.1. The normalized spacial score (nSPS) is 16.7. The Bertz CT molecular complexity index is 412. The third kappa shape index (κ3) is 5.08. The van der Waals surface area contributed by atoms with E-state index in [0.717, 1.165) is 13.0 Å². The van der Waals surface area contributed by atoms with Gasteiger partial charge >= 0.3 is 0 Å². The molecule has 1 N–H and O–H groups in total. The summed E-state index contributed by atoms with van der Waals surface area (Å²) in [5.41, 5.74) is -0.0630. The highest BCUT2D eigenvalue weighted by atomic mass is 16.5. The van der Waals surface area contributed by atoms with Crippen LogP contribution in [0.2, 0.25) is 0 Å². The lowest BCUT2D eigenvalue weighted by molar-refractivity contribution is -0.0203. The molecule has 0 saturated heterocycles. The molecule has 0 aliphatic rings. The van der Waals surface area contributed by atoms with Crippen LogP contribution in [0.15, 0.2) is 4.52 Å². The molecule has 122 valence electrons. The van der Waals surface area contributed by atoms with E-state index in [-0.39, 0.29) is 17.4 Å². The predicted octanol–water partition coefficient (Wildman–Crippen LogP) is 3.68. The fourth-order valence-electron chi connectivity index (χ4n) is 2.18. The van der Waals surface area contributed by atoms with Crippen molar-refractivity contribution < 1.29 is 9.26 Å². The van der Waals surface area contributed by atoms with E-state index >= 15 is 0 Å². The average molecular weight is 297 g/mol. The Labute approximate surface area is 128 Å². The number of hydrogen-bond acceptors (Lipinski definition) is 5. The van der Waals surface area contributed by atoms with Crippen molar-refractivity contribution in [2.75, 3.05) is 13.2 Å². The van der Waals surface area contributed by atoms with Gasteiger partial charge in [0.05, 0.1) is 5.92 Å². The smallest absolute Gasteiger partial charge is 0.231 e. The van der Waals surface area contributed by atoms with Crippen molar-refractivity contribution in [3.8, 4) is 0 Å². The summed E-state index contributed by atoms with van der Waals surface area (Å²) in [4.78, 5) is 4.58. The standard InChI is InChI=1S/C16H31N3O2/c1-8-10-17-12(4)11(3)15-18-14(19-21-15)13(20-9-2)16(5,6)7/h11-13,17H,8-10H2,1-7H3. The second-order valence-electron chi connectivity index (χ2n) is 6.72. The number of hydrogen-bond donors (Lipinski definition) is 1. The van der Waals surface area contributed by atoms with Gasteiger partial charge in [0, 0.05) is 12.6 Å².